The molecule has 0 amide bonds. The zero-order valence-corrected chi connectivity index (χ0v) is 21.8. The lowest BCUT2D eigenvalue weighted by atomic mass is 9.77. The molecule has 1 N–H and O–H groups in total. The van der Waals surface area contributed by atoms with E-state index in [1.165, 1.54) is 29.7 Å². The molecule has 0 bridgehead atoms. The number of anilines is 1. The number of benzene rings is 2. The fourth-order valence-electron chi connectivity index (χ4n) is 4.81. The van der Waals surface area contributed by atoms with E-state index in [-0.39, 0.29) is 16.9 Å². The molecule has 3 rings (SSSR count). The molecule has 1 atom stereocenters. The smallest absolute Gasteiger partial charge is 0.123 e. The Morgan fingerprint density at radius 1 is 0.844 bits per heavy atom. The monoisotopic (exact) mass is 436 g/mol. The summed E-state index contributed by atoms with van der Waals surface area (Å²) in [4.78, 5) is 4.80. The Morgan fingerprint density at radius 3 is 1.72 bits per heavy atom. The van der Waals surface area contributed by atoms with Crippen LogP contribution in [0, 0.1) is 5.92 Å². The Bertz CT molecular complexity index is 873. The number of phenols is 1. The first-order chi connectivity index (χ1) is 14.8. The molecule has 1 saturated heterocycles. The van der Waals surface area contributed by atoms with Crippen LogP contribution in [0.15, 0.2) is 36.4 Å². The molecule has 0 aliphatic carbocycles. The van der Waals surface area contributed by atoms with Crippen LogP contribution in [0.2, 0.25) is 0 Å². The highest BCUT2D eigenvalue weighted by molar-refractivity contribution is 5.53. The second-order valence-electron chi connectivity index (χ2n) is 12.1. The maximum absolute atomic E-state index is 11.3. The summed E-state index contributed by atoms with van der Waals surface area (Å²) in [5, 5.41) is 11.3. The molecule has 0 unspecified atom stereocenters. The summed E-state index contributed by atoms with van der Waals surface area (Å²) in [5.74, 6) is 1.25. The summed E-state index contributed by atoms with van der Waals surface area (Å²) >= 11 is 0. The molecule has 0 spiro atoms. The lowest BCUT2D eigenvalue weighted by molar-refractivity contribution is 0.157. The van der Waals surface area contributed by atoms with Gasteiger partial charge in [-0.2, -0.15) is 0 Å². The van der Waals surface area contributed by atoms with Gasteiger partial charge in [-0.15, -0.1) is 0 Å². The van der Waals surface area contributed by atoms with Crippen molar-refractivity contribution in [3.05, 3.63) is 58.7 Å². The number of piperidine rings is 1. The highest BCUT2D eigenvalue weighted by atomic mass is 16.3. The normalized spacial score (nSPS) is 17.4. The van der Waals surface area contributed by atoms with E-state index in [1.807, 2.05) is 0 Å². The van der Waals surface area contributed by atoms with Gasteiger partial charge >= 0.3 is 0 Å². The lowest BCUT2D eigenvalue weighted by Crippen LogP contribution is -2.37. The molecule has 176 valence electrons. The van der Waals surface area contributed by atoms with E-state index in [0.29, 0.717) is 5.75 Å². The molecule has 1 heterocycles. The van der Waals surface area contributed by atoms with E-state index in [9.17, 15) is 5.11 Å². The van der Waals surface area contributed by atoms with Gasteiger partial charge in [0.05, 0.1) is 6.04 Å². The fraction of sp³-hybridized carbons (Fsp3) is 0.586. The summed E-state index contributed by atoms with van der Waals surface area (Å²) in [7, 11) is 4.17. The standard InChI is InChI=1S/C29H44N2O/c1-20-14-16-31(17-15-20)26(21-10-12-23(13-11-21)30(8)9)22-18-24(28(2,3)4)27(32)25(19-22)29(5,6)7/h10-13,18-20,26,32H,14-17H2,1-9H3/t26-/m1/s1. The second kappa shape index (κ2) is 9.09. The summed E-state index contributed by atoms with van der Waals surface area (Å²) in [6.45, 7) is 17.8. The van der Waals surface area contributed by atoms with E-state index in [4.69, 9.17) is 0 Å². The first-order valence-corrected chi connectivity index (χ1v) is 12.2. The van der Waals surface area contributed by atoms with Crippen LogP contribution in [0.5, 0.6) is 5.75 Å². The van der Waals surface area contributed by atoms with Crippen molar-refractivity contribution >= 4 is 5.69 Å². The van der Waals surface area contributed by atoms with Crippen LogP contribution in [-0.2, 0) is 10.8 Å². The van der Waals surface area contributed by atoms with Crippen LogP contribution in [0.1, 0.15) is 89.6 Å². The van der Waals surface area contributed by atoms with Crippen molar-refractivity contribution in [2.45, 2.75) is 78.2 Å². The minimum absolute atomic E-state index is 0.129. The topological polar surface area (TPSA) is 26.7 Å². The lowest BCUT2D eigenvalue weighted by Gasteiger charge is -2.39. The third-order valence-electron chi connectivity index (χ3n) is 6.97. The van der Waals surface area contributed by atoms with Crippen LogP contribution >= 0.6 is 0 Å². The van der Waals surface area contributed by atoms with Crippen LogP contribution in [0.25, 0.3) is 0 Å². The van der Waals surface area contributed by atoms with Crippen molar-refractivity contribution in [1.29, 1.82) is 0 Å². The molecule has 0 aromatic heterocycles. The first-order valence-electron chi connectivity index (χ1n) is 12.2. The maximum atomic E-state index is 11.3. The van der Waals surface area contributed by atoms with Crippen molar-refractivity contribution < 1.29 is 5.11 Å². The molecule has 1 aliphatic rings. The van der Waals surface area contributed by atoms with Crippen molar-refractivity contribution in [1.82, 2.24) is 4.90 Å². The summed E-state index contributed by atoms with van der Waals surface area (Å²) in [6, 6.07) is 13.8. The number of rotatable bonds is 4. The van der Waals surface area contributed by atoms with Crippen molar-refractivity contribution in [2.75, 3.05) is 32.1 Å². The highest BCUT2D eigenvalue weighted by Gasteiger charge is 2.31. The summed E-state index contributed by atoms with van der Waals surface area (Å²) in [5.41, 5.74) is 5.67. The SMILES string of the molecule is CC1CCN([C@H](c2ccc(N(C)C)cc2)c2cc(C(C)(C)C)c(O)c(C(C)(C)C)c2)CC1. The zero-order valence-electron chi connectivity index (χ0n) is 21.8. The van der Waals surface area contributed by atoms with Gasteiger partial charge in [0.2, 0.25) is 0 Å². The van der Waals surface area contributed by atoms with Gasteiger partial charge in [0.25, 0.3) is 0 Å². The van der Waals surface area contributed by atoms with Crippen LogP contribution in [0.3, 0.4) is 0 Å². The van der Waals surface area contributed by atoms with E-state index < -0.39 is 0 Å². The van der Waals surface area contributed by atoms with Gasteiger partial charge in [0.1, 0.15) is 5.75 Å². The summed E-state index contributed by atoms with van der Waals surface area (Å²) < 4.78 is 0. The Hall–Kier alpha value is -2.00. The molecule has 32 heavy (non-hydrogen) atoms. The minimum atomic E-state index is -0.129. The largest absolute Gasteiger partial charge is 0.507 e. The summed E-state index contributed by atoms with van der Waals surface area (Å²) in [6.07, 6.45) is 2.48. The van der Waals surface area contributed by atoms with Gasteiger partial charge in [0.15, 0.2) is 0 Å². The van der Waals surface area contributed by atoms with E-state index in [2.05, 4.69) is 109 Å². The van der Waals surface area contributed by atoms with E-state index in [1.54, 1.807) is 0 Å². The Labute approximate surface area is 196 Å². The molecule has 3 heteroatoms. The number of hydrogen-bond acceptors (Lipinski definition) is 3. The first kappa shape index (κ1) is 24.6. The zero-order chi connectivity index (χ0) is 23.8. The molecule has 2 aromatic rings. The van der Waals surface area contributed by atoms with E-state index in [0.717, 1.165) is 30.1 Å². The third kappa shape index (κ3) is 5.31. The minimum Gasteiger partial charge on any atom is -0.507 e. The quantitative estimate of drug-likeness (QED) is 0.566. The van der Waals surface area contributed by atoms with E-state index >= 15 is 0 Å². The van der Waals surface area contributed by atoms with Crippen molar-refractivity contribution in [2.24, 2.45) is 5.92 Å². The van der Waals surface area contributed by atoms with Gasteiger partial charge in [-0.3, -0.25) is 4.90 Å². The molecule has 2 aromatic carbocycles. The fourth-order valence-corrected chi connectivity index (χ4v) is 4.81. The van der Waals surface area contributed by atoms with Gasteiger partial charge in [0, 0.05) is 19.8 Å². The molecular weight excluding hydrogens is 392 g/mol. The number of phenolic OH excluding ortho intramolecular Hbond substituents is 1. The van der Waals surface area contributed by atoms with Crippen LogP contribution < -0.4 is 4.90 Å². The number of hydrogen-bond donors (Lipinski definition) is 1. The Kier molecular flexibility index (Phi) is 7.00. The highest BCUT2D eigenvalue weighted by Crippen LogP contribution is 2.43. The molecule has 3 nitrogen and oxygen atoms in total. The van der Waals surface area contributed by atoms with Gasteiger partial charge in [-0.05, 0) is 89.2 Å². The Morgan fingerprint density at radius 2 is 1.31 bits per heavy atom. The van der Waals surface area contributed by atoms with Crippen LogP contribution in [-0.4, -0.2) is 37.2 Å². The molecule has 1 fully saturated rings. The number of nitrogens with zero attached hydrogens (tertiary/aromatic N) is 2. The maximum Gasteiger partial charge on any atom is 0.123 e. The average Bonchev–Trinajstić information content (AvgIpc) is 2.69. The van der Waals surface area contributed by atoms with Gasteiger partial charge in [-0.1, -0.05) is 60.6 Å². The second-order valence-corrected chi connectivity index (χ2v) is 12.1. The molecule has 0 radical (unpaired) electrons. The molecular formula is C29H44N2O. The number of aromatic hydroxyl groups is 1. The average molecular weight is 437 g/mol. The van der Waals surface area contributed by atoms with Crippen molar-refractivity contribution in [3.8, 4) is 5.75 Å². The van der Waals surface area contributed by atoms with Crippen LogP contribution in [0.4, 0.5) is 5.69 Å². The molecule has 0 saturated carbocycles. The van der Waals surface area contributed by atoms with Gasteiger partial charge in [-0.25, -0.2) is 0 Å². The molecule has 1 aliphatic heterocycles. The van der Waals surface area contributed by atoms with Gasteiger partial charge < -0.3 is 10.0 Å². The van der Waals surface area contributed by atoms with Crippen molar-refractivity contribution in [3.63, 3.8) is 0 Å². The predicted molar refractivity (Wildman–Crippen MR) is 138 cm³/mol. The Balaban J connectivity index is 2.19. The number of likely N-dealkylation sites (tertiary alicyclic amines) is 1. The third-order valence-corrected chi connectivity index (χ3v) is 6.97. The predicted octanol–water partition coefficient (Wildman–Crippen LogP) is 6.87.